The minimum absolute atomic E-state index is 0.152. The van der Waals surface area contributed by atoms with E-state index in [0.717, 1.165) is 82.2 Å². The molecule has 2 fully saturated rings. The Morgan fingerprint density at radius 3 is 2.00 bits per heavy atom. The summed E-state index contributed by atoms with van der Waals surface area (Å²) in [5.74, 6) is 0.308. The van der Waals surface area contributed by atoms with Crippen molar-refractivity contribution in [3.8, 4) is 10.4 Å². The SMILES string of the molecule is O=C(c1csc(-c2ccccc2Cl)c1)N1CCCCC1.O=C(c1csc(Br)c1)N1C[CH+]CCC1.OB(O)c1ccccc1Cl. The minimum atomic E-state index is -1.48. The number of nitrogens with zero attached hydrogens (tertiary/aromatic N) is 2. The molecule has 6 rings (SSSR count). The molecule has 4 aromatic rings. The fourth-order valence-corrected chi connectivity index (χ4v) is 7.35. The van der Waals surface area contributed by atoms with Gasteiger partial charge in [-0.2, -0.15) is 0 Å². The molecule has 2 amide bonds. The first-order chi connectivity index (χ1) is 21.2. The zero-order valence-electron chi connectivity index (χ0n) is 24.0. The molecule has 2 N–H and O–H groups in total. The molecule has 0 radical (unpaired) electrons. The fourth-order valence-electron chi connectivity index (χ4n) is 4.77. The van der Waals surface area contributed by atoms with Crippen LogP contribution in [0, 0.1) is 6.42 Å². The maximum Gasteiger partial charge on any atom is 0.489 e. The van der Waals surface area contributed by atoms with Crippen molar-refractivity contribution in [1.29, 1.82) is 0 Å². The van der Waals surface area contributed by atoms with Crippen molar-refractivity contribution in [2.75, 3.05) is 26.2 Å². The van der Waals surface area contributed by atoms with Crippen molar-refractivity contribution < 1.29 is 19.6 Å². The van der Waals surface area contributed by atoms with E-state index in [9.17, 15) is 9.59 Å². The van der Waals surface area contributed by atoms with Gasteiger partial charge in [-0.15, -0.1) is 22.7 Å². The molecule has 0 unspecified atom stereocenters. The highest BCUT2D eigenvalue weighted by atomic mass is 79.9. The van der Waals surface area contributed by atoms with Crippen molar-refractivity contribution in [3.63, 3.8) is 0 Å². The first-order valence-electron chi connectivity index (χ1n) is 14.3. The molecule has 2 aliphatic heterocycles. The van der Waals surface area contributed by atoms with Gasteiger partial charge < -0.3 is 14.9 Å². The highest BCUT2D eigenvalue weighted by molar-refractivity contribution is 9.11. The maximum absolute atomic E-state index is 12.4. The predicted octanol–water partition coefficient (Wildman–Crippen LogP) is 7.67. The number of carbonyl (C=O) groups is 2. The lowest BCUT2D eigenvalue weighted by Gasteiger charge is -2.26. The van der Waals surface area contributed by atoms with Crippen LogP contribution in [0.25, 0.3) is 10.4 Å². The first-order valence-corrected chi connectivity index (χ1v) is 17.6. The molecule has 44 heavy (non-hydrogen) atoms. The van der Waals surface area contributed by atoms with Gasteiger partial charge in [0, 0.05) is 62.8 Å². The van der Waals surface area contributed by atoms with E-state index in [1.807, 2.05) is 57.0 Å². The summed E-state index contributed by atoms with van der Waals surface area (Å²) in [6, 6.07) is 18.2. The summed E-state index contributed by atoms with van der Waals surface area (Å²) in [5.41, 5.74) is 2.92. The van der Waals surface area contributed by atoms with Gasteiger partial charge in [0.15, 0.2) is 6.54 Å². The van der Waals surface area contributed by atoms with Gasteiger partial charge in [-0.05, 0) is 59.5 Å². The number of carbonyl (C=O) groups excluding carboxylic acids is 2. The summed E-state index contributed by atoms with van der Waals surface area (Å²) in [6.45, 7) is 3.46. The predicted molar refractivity (Wildman–Crippen MR) is 187 cm³/mol. The van der Waals surface area contributed by atoms with Crippen molar-refractivity contribution in [3.05, 3.63) is 103 Å². The third-order valence-electron chi connectivity index (χ3n) is 7.10. The third-order valence-corrected chi connectivity index (χ3v) is 10.2. The Labute approximate surface area is 285 Å². The fraction of sp³-hybridized carbons (Fsp3) is 0.281. The highest BCUT2D eigenvalue weighted by Gasteiger charge is 2.23. The van der Waals surface area contributed by atoms with Crippen LogP contribution in [-0.2, 0) is 0 Å². The van der Waals surface area contributed by atoms with Gasteiger partial charge in [-0.1, -0.05) is 59.6 Å². The number of benzene rings is 2. The molecule has 0 aliphatic carbocycles. The average Bonchev–Trinajstić information content (AvgIpc) is 3.72. The van der Waals surface area contributed by atoms with E-state index in [2.05, 4.69) is 22.4 Å². The second kappa shape index (κ2) is 17.4. The Balaban J connectivity index is 0.000000161. The van der Waals surface area contributed by atoms with Crippen LogP contribution in [0.15, 0.2) is 75.2 Å². The van der Waals surface area contributed by atoms with Crippen LogP contribution in [-0.4, -0.2) is 65.0 Å². The summed E-state index contributed by atoms with van der Waals surface area (Å²) >= 11 is 18.3. The zero-order valence-corrected chi connectivity index (χ0v) is 28.7. The highest BCUT2D eigenvalue weighted by Crippen LogP contribution is 2.33. The monoisotopic (exact) mass is 733 g/mol. The molecule has 2 aliphatic rings. The van der Waals surface area contributed by atoms with Crippen molar-refractivity contribution >= 4 is 86.2 Å². The maximum atomic E-state index is 12.4. The van der Waals surface area contributed by atoms with Crippen LogP contribution in [0.3, 0.4) is 0 Å². The largest absolute Gasteiger partial charge is 0.489 e. The van der Waals surface area contributed by atoms with Crippen LogP contribution < -0.4 is 5.46 Å². The molecule has 0 saturated carbocycles. The van der Waals surface area contributed by atoms with Gasteiger partial charge >= 0.3 is 7.12 Å². The lowest BCUT2D eigenvalue weighted by atomic mass is 9.80. The van der Waals surface area contributed by atoms with Crippen LogP contribution in [0.5, 0.6) is 0 Å². The molecule has 4 heterocycles. The number of hydrogen-bond donors (Lipinski definition) is 2. The van der Waals surface area contributed by atoms with Crippen molar-refractivity contribution in [2.45, 2.75) is 32.1 Å². The lowest BCUT2D eigenvalue weighted by Crippen LogP contribution is -2.35. The van der Waals surface area contributed by atoms with Gasteiger partial charge in [0.1, 0.15) is 0 Å². The quantitative estimate of drug-likeness (QED) is 0.167. The number of piperidine rings is 2. The number of likely N-dealkylation sites (tertiary alicyclic amines) is 2. The second-order valence-corrected chi connectivity index (χ2v) is 14.3. The van der Waals surface area contributed by atoms with E-state index in [1.54, 1.807) is 46.9 Å². The van der Waals surface area contributed by atoms with E-state index >= 15 is 0 Å². The Kier molecular flexibility index (Phi) is 13.7. The van der Waals surface area contributed by atoms with Crippen LogP contribution in [0.1, 0.15) is 52.8 Å². The van der Waals surface area contributed by atoms with Gasteiger partial charge in [0.2, 0.25) is 0 Å². The van der Waals surface area contributed by atoms with Gasteiger partial charge in [0.05, 0.1) is 27.8 Å². The average molecular weight is 735 g/mol. The number of rotatable bonds is 4. The Hall–Kier alpha value is -2.31. The topological polar surface area (TPSA) is 81.1 Å². The molecule has 2 saturated heterocycles. The molecule has 0 spiro atoms. The molecular weight excluding hydrogens is 702 g/mol. The van der Waals surface area contributed by atoms with Crippen molar-refractivity contribution in [2.24, 2.45) is 0 Å². The Morgan fingerprint density at radius 2 is 1.41 bits per heavy atom. The molecule has 0 atom stereocenters. The minimum Gasteiger partial charge on any atom is -0.423 e. The summed E-state index contributed by atoms with van der Waals surface area (Å²) in [4.78, 5) is 29.2. The standard InChI is InChI=1S/C16H16ClNOS.C10H11BrNOS.C6H6BClO2/c17-14-7-3-2-6-13(14)15-10-12(11-20-15)16(19)18-8-4-1-5-9-18;11-9-6-8(7-14-9)10(13)12-4-2-1-3-5-12;8-6-4-2-1-3-5(6)7(9)10/h2-3,6-7,10-11H,1,4-5,8-9H2;2,6-7H,1,3-5H2;1-4,9-10H/q;+1;. The molecule has 230 valence electrons. The number of amides is 2. The van der Waals surface area contributed by atoms with Crippen LogP contribution >= 0.6 is 61.8 Å². The van der Waals surface area contributed by atoms with E-state index in [4.69, 9.17) is 33.2 Å². The lowest BCUT2D eigenvalue weighted by molar-refractivity contribution is 0.0723. The van der Waals surface area contributed by atoms with Crippen molar-refractivity contribution in [1.82, 2.24) is 9.80 Å². The zero-order chi connectivity index (χ0) is 31.5. The molecule has 2 aromatic heterocycles. The van der Waals surface area contributed by atoms with Gasteiger partial charge in [-0.3, -0.25) is 14.5 Å². The molecule has 2 aromatic carbocycles. The smallest absolute Gasteiger partial charge is 0.423 e. The summed E-state index contributed by atoms with van der Waals surface area (Å²) in [6.07, 6.45) is 7.87. The normalized spacial score (nSPS) is 14.4. The second-order valence-electron chi connectivity index (χ2n) is 10.2. The Morgan fingerprint density at radius 1 is 0.795 bits per heavy atom. The van der Waals surface area contributed by atoms with E-state index in [0.29, 0.717) is 10.5 Å². The number of halogens is 3. The molecule has 12 heteroatoms. The van der Waals surface area contributed by atoms with E-state index < -0.39 is 7.12 Å². The molecule has 0 bridgehead atoms. The van der Waals surface area contributed by atoms with E-state index in [-0.39, 0.29) is 11.8 Å². The summed E-state index contributed by atoms with van der Waals surface area (Å²) < 4.78 is 1.02. The summed E-state index contributed by atoms with van der Waals surface area (Å²) in [5, 5.41) is 22.3. The number of hydrogen-bond acceptors (Lipinski definition) is 6. The van der Waals surface area contributed by atoms with Gasteiger partial charge in [-0.25, -0.2) is 0 Å². The first kappa shape index (κ1) is 34.6. The van der Waals surface area contributed by atoms with Gasteiger partial charge in [0.25, 0.3) is 11.8 Å². The van der Waals surface area contributed by atoms with Crippen LogP contribution in [0.2, 0.25) is 10.0 Å². The van der Waals surface area contributed by atoms with Crippen LogP contribution in [0.4, 0.5) is 0 Å². The Bertz CT molecular complexity index is 1520. The molecular formula is C32H33BBrCl2N2O4S2+. The third kappa shape index (κ3) is 9.85. The van der Waals surface area contributed by atoms with E-state index in [1.165, 1.54) is 6.42 Å². The molecule has 6 nitrogen and oxygen atoms in total. The summed E-state index contributed by atoms with van der Waals surface area (Å²) in [7, 11) is -1.48. The number of thiophene rings is 2.